The molecular formula is C40H39N7O4. The highest BCUT2D eigenvalue weighted by molar-refractivity contribution is 5.91. The molecule has 0 amide bonds. The first kappa shape index (κ1) is 33.8. The summed E-state index contributed by atoms with van der Waals surface area (Å²) in [5.74, 6) is -0.0414. The molecule has 0 aliphatic carbocycles. The van der Waals surface area contributed by atoms with Crippen LogP contribution in [0.1, 0.15) is 41.2 Å². The summed E-state index contributed by atoms with van der Waals surface area (Å²) in [6.45, 7) is 8.72. The fourth-order valence-corrected chi connectivity index (χ4v) is 6.89. The first-order valence-corrected chi connectivity index (χ1v) is 17.1. The number of rotatable bonds is 11. The summed E-state index contributed by atoms with van der Waals surface area (Å²) >= 11 is 0. The number of aliphatic carboxylic acids is 1. The predicted molar refractivity (Wildman–Crippen MR) is 196 cm³/mol. The number of likely N-dealkylation sites (tertiary alicyclic amines) is 1. The Morgan fingerprint density at radius 3 is 2.61 bits per heavy atom. The number of nitrogens with zero attached hydrogens (tertiary/aromatic N) is 5. The van der Waals surface area contributed by atoms with Crippen molar-refractivity contribution in [2.24, 2.45) is 5.92 Å². The van der Waals surface area contributed by atoms with E-state index in [1.807, 2.05) is 55.6 Å². The lowest BCUT2D eigenvalue weighted by atomic mass is 9.93. The van der Waals surface area contributed by atoms with Crippen molar-refractivity contribution in [2.45, 2.75) is 46.4 Å². The number of aliphatic hydroxyl groups excluding tert-OH is 1. The van der Waals surface area contributed by atoms with E-state index in [4.69, 9.17) is 14.4 Å². The molecule has 1 aliphatic rings. The van der Waals surface area contributed by atoms with Gasteiger partial charge in [-0.05, 0) is 104 Å². The van der Waals surface area contributed by atoms with Gasteiger partial charge in [0.15, 0.2) is 11.4 Å². The summed E-state index contributed by atoms with van der Waals surface area (Å²) in [6, 6.07) is 22.2. The predicted octanol–water partition coefficient (Wildman–Crippen LogP) is 6.71. The summed E-state index contributed by atoms with van der Waals surface area (Å²) in [6.07, 6.45) is 3.81. The zero-order valence-corrected chi connectivity index (χ0v) is 28.8. The van der Waals surface area contributed by atoms with Crippen molar-refractivity contribution >= 4 is 39.5 Å². The van der Waals surface area contributed by atoms with E-state index in [1.165, 1.54) is 0 Å². The Balaban J connectivity index is 1.16. The molecule has 4 heterocycles. The van der Waals surface area contributed by atoms with E-state index in [1.54, 1.807) is 13.1 Å². The van der Waals surface area contributed by atoms with Crippen molar-refractivity contribution in [3.8, 4) is 28.7 Å². The lowest BCUT2D eigenvalue weighted by Gasteiger charge is -2.16. The molecule has 0 spiro atoms. The zero-order chi connectivity index (χ0) is 35.6. The van der Waals surface area contributed by atoms with Crippen LogP contribution in [0, 0.1) is 31.1 Å². The minimum atomic E-state index is -0.768. The van der Waals surface area contributed by atoms with Crippen molar-refractivity contribution in [3.05, 3.63) is 101 Å². The molecule has 1 saturated heterocycles. The van der Waals surface area contributed by atoms with E-state index in [9.17, 15) is 20.3 Å². The first-order chi connectivity index (χ1) is 24.7. The van der Waals surface area contributed by atoms with Gasteiger partial charge in [0.25, 0.3) is 0 Å². The van der Waals surface area contributed by atoms with E-state index in [0.29, 0.717) is 67.5 Å². The molecule has 1 aliphatic heterocycles. The van der Waals surface area contributed by atoms with Crippen LogP contribution in [-0.4, -0.2) is 61.8 Å². The van der Waals surface area contributed by atoms with Gasteiger partial charge in [-0.15, -0.1) is 0 Å². The third-order valence-corrected chi connectivity index (χ3v) is 9.56. The van der Waals surface area contributed by atoms with Crippen LogP contribution in [0.5, 0.6) is 0 Å². The molecule has 1 fully saturated rings. The highest BCUT2D eigenvalue weighted by Gasteiger charge is 2.28. The van der Waals surface area contributed by atoms with E-state index in [2.05, 4.69) is 51.7 Å². The fourth-order valence-electron chi connectivity index (χ4n) is 6.89. The van der Waals surface area contributed by atoms with Gasteiger partial charge in [-0.2, -0.15) is 5.26 Å². The van der Waals surface area contributed by atoms with Crippen LogP contribution in [0.2, 0.25) is 0 Å². The van der Waals surface area contributed by atoms with Gasteiger partial charge in [-0.25, -0.2) is 9.97 Å². The summed E-state index contributed by atoms with van der Waals surface area (Å²) < 4.78 is 6.27. The molecule has 0 bridgehead atoms. The Bertz CT molecular complexity index is 2310. The molecule has 51 heavy (non-hydrogen) atoms. The van der Waals surface area contributed by atoms with Crippen LogP contribution >= 0.6 is 0 Å². The molecular weight excluding hydrogens is 642 g/mol. The number of oxazole rings is 1. The van der Waals surface area contributed by atoms with Crippen molar-refractivity contribution < 1.29 is 19.4 Å². The smallest absolute Gasteiger partial charge is 0.307 e. The van der Waals surface area contributed by atoms with Crippen molar-refractivity contribution in [2.75, 3.05) is 25.0 Å². The maximum atomic E-state index is 11.4. The Morgan fingerprint density at radius 1 is 1.06 bits per heavy atom. The fraction of sp³-hybridized carbons (Fsp3) is 0.275. The summed E-state index contributed by atoms with van der Waals surface area (Å²) in [7, 11) is 0. The molecule has 0 radical (unpaired) electrons. The van der Waals surface area contributed by atoms with Gasteiger partial charge < -0.3 is 25.3 Å². The van der Waals surface area contributed by atoms with Gasteiger partial charge in [0.1, 0.15) is 17.1 Å². The Labute approximate surface area is 295 Å². The van der Waals surface area contributed by atoms with Crippen molar-refractivity contribution in [3.63, 3.8) is 0 Å². The summed E-state index contributed by atoms with van der Waals surface area (Å²) in [4.78, 5) is 27.7. The van der Waals surface area contributed by atoms with E-state index in [-0.39, 0.29) is 5.92 Å². The van der Waals surface area contributed by atoms with Crippen LogP contribution in [-0.2, 0) is 17.9 Å². The lowest BCUT2D eigenvalue weighted by molar-refractivity contribution is -0.141. The normalized spacial score (nSPS) is 15.3. The van der Waals surface area contributed by atoms with Gasteiger partial charge in [0.05, 0.1) is 17.6 Å². The first-order valence-electron chi connectivity index (χ1n) is 17.1. The van der Waals surface area contributed by atoms with Crippen LogP contribution in [0.15, 0.2) is 77.5 Å². The van der Waals surface area contributed by atoms with Gasteiger partial charge in [-0.1, -0.05) is 24.3 Å². The van der Waals surface area contributed by atoms with Crippen LogP contribution in [0.4, 0.5) is 11.5 Å². The number of carboxylic acid groups (broad SMARTS) is 1. The third-order valence-electron chi connectivity index (χ3n) is 9.56. The van der Waals surface area contributed by atoms with Crippen LogP contribution in [0.25, 0.3) is 44.6 Å². The molecule has 2 atom stereocenters. The zero-order valence-electron chi connectivity index (χ0n) is 28.8. The highest BCUT2D eigenvalue weighted by Crippen LogP contribution is 2.38. The molecule has 11 nitrogen and oxygen atoms in total. The van der Waals surface area contributed by atoms with Gasteiger partial charge in [0, 0.05) is 55.2 Å². The number of carboxylic acids is 1. The average molecular weight is 682 g/mol. The molecule has 11 heteroatoms. The number of aliphatic hydroxyl groups is 1. The summed E-state index contributed by atoms with van der Waals surface area (Å²) in [5.41, 5.74) is 9.95. The topological polar surface area (TPSA) is 160 Å². The number of hydrogen-bond donors (Lipinski definition) is 4. The number of carbonyl (C=O) groups is 1. The number of nitriles is 1. The SMILES string of the molecule is Cc1c(Nc2nccc3cc(CNC[C@H](C)O)cnc23)cccc1-c1cccc(-c2nc3cc(CN4CC[C@@H](C(=O)O)C4)cc(C#N)c3o2)c1C. The lowest BCUT2D eigenvalue weighted by Crippen LogP contribution is -2.23. The maximum absolute atomic E-state index is 11.4. The second-order valence-corrected chi connectivity index (χ2v) is 13.3. The summed E-state index contributed by atoms with van der Waals surface area (Å²) in [5, 5.41) is 36.7. The molecule has 0 unspecified atom stereocenters. The Hall–Kier alpha value is -5.67. The van der Waals surface area contributed by atoms with E-state index in [0.717, 1.165) is 55.5 Å². The van der Waals surface area contributed by atoms with Crippen LogP contribution < -0.4 is 10.6 Å². The Morgan fingerprint density at radius 2 is 1.84 bits per heavy atom. The number of anilines is 2. The van der Waals surface area contributed by atoms with Crippen molar-refractivity contribution in [1.82, 2.24) is 25.2 Å². The minimum absolute atomic E-state index is 0.366. The molecule has 4 N–H and O–H groups in total. The number of hydrogen-bond acceptors (Lipinski definition) is 10. The monoisotopic (exact) mass is 681 g/mol. The highest BCUT2D eigenvalue weighted by atomic mass is 16.4. The second kappa shape index (κ2) is 14.3. The number of pyridine rings is 2. The number of fused-ring (bicyclic) bond motifs is 2. The van der Waals surface area contributed by atoms with Crippen molar-refractivity contribution in [1.29, 1.82) is 5.26 Å². The molecule has 6 aromatic rings. The second-order valence-electron chi connectivity index (χ2n) is 13.3. The van der Waals surface area contributed by atoms with Crippen LogP contribution in [0.3, 0.4) is 0 Å². The Kier molecular flexibility index (Phi) is 9.47. The van der Waals surface area contributed by atoms with Gasteiger partial charge >= 0.3 is 5.97 Å². The van der Waals surface area contributed by atoms with E-state index < -0.39 is 12.1 Å². The van der Waals surface area contributed by atoms with Gasteiger partial charge in [0.2, 0.25) is 5.89 Å². The third kappa shape index (κ3) is 7.03. The minimum Gasteiger partial charge on any atom is -0.481 e. The molecule has 0 saturated carbocycles. The standard InChI is InChI=1S/C40H39N7O4/c1-23(48)18-42-19-27-15-28-10-12-43-38(36(28)44-20-27)45-34-9-5-7-32(25(34)3)31-6-4-8-33(24(31)2)39-46-35-16-26(14-30(17-41)37(35)51-39)21-47-13-11-29(22-47)40(49)50/h4-10,12,14-16,20,23,29,42,48H,11,13,18-19,21-22H2,1-3H3,(H,43,45)(H,49,50)/t23-,29+/m0/s1. The number of benzene rings is 3. The number of aromatic nitrogens is 3. The maximum Gasteiger partial charge on any atom is 0.307 e. The molecule has 3 aromatic heterocycles. The molecule has 3 aromatic carbocycles. The molecule has 258 valence electrons. The average Bonchev–Trinajstić information content (AvgIpc) is 3.77. The number of nitrogens with one attached hydrogen (secondary N) is 2. The largest absolute Gasteiger partial charge is 0.481 e. The molecule has 7 rings (SSSR count). The quantitative estimate of drug-likeness (QED) is 0.115. The van der Waals surface area contributed by atoms with Gasteiger partial charge in [-0.3, -0.25) is 14.7 Å². The van der Waals surface area contributed by atoms with E-state index >= 15 is 0 Å².